The second-order valence-electron chi connectivity index (χ2n) is 4.27. The van der Waals surface area contributed by atoms with Gasteiger partial charge in [-0.25, -0.2) is 4.39 Å². The molecule has 1 fully saturated rings. The fraction of sp³-hybridized carbons (Fsp3) is 0.500. The Morgan fingerprint density at radius 1 is 1.40 bits per heavy atom. The van der Waals surface area contributed by atoms with Crippen LogP contribution in [0.4, 0.5) is 4.39 Å². The van der Waals surface area contributed by atoms with Crippen LogP contribution in [0.25, 0.3) is 0 Å². The first-order chi connectivity index (χ1) is 7.03. The van der Waals surface area contributed by atoms with Gasteiger partial charge in [0.25, 0.3) is 0 Å². The van der Waals surface area contributed by atoms with Crippen molar-refractivity contribution in [3.05, 3.63) is 34.6 Å². The van der Waals surface area contributed by atoms with Crippen molar-refractivity contribution in [3.8, 4) is 0 Å². The van der Waals surface area contributed by atoms with Crippen molar-refractivity contribution in [2.75, 3.05) is 11.5 Å². The normalized spacial score (nSPS) is 25.9. The smallest absolute Gasteiger partial charge is 0.129 e. The van der Waals surface area contributed by atoms with Gasteiger partial charge in [-0.3, -0.25) is 0 Å². The summed E-state index contributed by atoms with van der Waals surface area (Å²) in [6, 6.07) is 3.43. The summed E-state index contributed by atoms with van der Waals surface area (Å²) in [5, 5.41) is 10.4. The lowest BCUT2D eigenvalue weighted by atomic mass is 9.88. The van der Waals surface area contributed by atoms with Gasteiger partial charge >= 0.3 is 0 Å². The number of benzene rings is 1. The zero-order valence-corrected chi connectivity index (χ0v) is 9.83. The van der Waals surface area contributed by atoms with E-state index in [9.17, 15) is 9.50 Å². The predicted octanol–water partition coefficient (Wildman–Crippen LogP) is 2.77. The van der Waals surface area contributed by atoms with Crippen molar-refractivity contribution in [2.45, 2.75) is 25.9 Å². The van der Waals surface area contributed by atoms with E-state index < -0.39 is 5.60 Å². The van der Waals surface area contributed by atoms with Crippen molar-refractivity contribution >= 4 is 11.8 Å². The molecular formula is C12H15FOS. The average Bonchev–Trinajstić information content (AvgIpc) is 2.50. The van der Waals surface area contributed by atoms with Gasteiger partial charge in [-0.2, -0.15) is 11.8 Å². The summed E-state index contributed by atoms with van der Waals surface area (Å²) in [6.07, 6.45) is 0.651. The van der Waals surface area contributed by atoms with Crippen molar-refractivity contribution in [1.82, 2.24) is 0 Å². The van der Waals surface area contributed by atoms with Gasteiger partial charge in [0.05, 0.1) is 0 Å². The Kier molecular flexibility index (Phi) is 2.77. The molecule has 1 unspecified atom stereocenters. The number of halogens is 1. The van der Waals surface area contributed by atoms with Crippen LogP contribution in [0.3, 0.4) is 0 Å². The molecule has 0 amide bonds. The molecule has 1 aromatic rings. The maximum Gasteiger partial charge on any atom is 0.129 e. The Balaban J connectivity index is 2.52. The molecule has 1 saturated heterocycles. The summed E-state index contributed by atoms with van der Waals surface area (Å²) in [4.78, 5) is 0. The first kappa shape index (κ1) is 11.0. The molecule has 2 rings (SSSR count). The van der Waals surface area contributed by atoms with E-state index in [4.69, 9.17) is 0 Å². The molecule has 0 aliphatic carbocycles. The molecule has 0 saturated carbocycles. The highest BCUT2D eigenvalue weighted by Gasteiger charge is 2.37. The van der Waals surface area contributed by atoms with Crippen molar-refractivity contribution in [1.29, 1.82) is 0 Å². The fourth-order valence-corrected chi connectivity index (χ4v) is 3.51. The Labute approximate surface area is 93.7 Å². The van der Waals surface area contributed by atoms with Crippen LogP contribution in [0.15, 0.2) is 12.1 Å². The molecule has 82 valence electrons. The third-order valence-electron chi connectivity index (χ3n) is 2.90. The highest BCUT2D eigenvalue weighted by Crippen LogP contribution is 2.39. The van der Waals surface area contributed by atoms with Gasteiger partial charge in [0.1, 0.15) is 11.4 Å². The second kappa shape index (κ2) is 3.80. The third-order valence-corrected chi connectivity index (χ3v) is 4.07. The van der Waals surface area contributed by atoms with Crippen molar-refractivity contribution in [2.24, 2.45) is 0 Å². The van der Waals surface area contributed by atoms with Gasteiger partial charge in [0.2, 0.25) is 0 Å². The predicted molar refractivity (Wildman–Crippen MR) is 61.7 cm³/mol. The molecule has 3 heteroatoms. The summed E-state index contributed by atoms with van der Waals surface area (Å²) >= 11 is 1.68. The number of aliphatic hydroxyl groups is 1. The van der Waals surface area contributed by atoms with E-state index in [1.54, 1.807) is 11.8 Å². The molecule has 1 N–H and O–H groups in total. The van der Waals surface area contributed by atoms with Crippen LogP contribution >= 0.6 is 11.8 Å². The maximum atomic E-state index is 13.8. The number of thioether (sulfide) groups is 1. The van der Waals surface area contributed by atoms with Crippen LogP contribution in [0.2, 0.25) is 0 Å². The van der Waals surface area contributed by atoms with E-state index in [1.165, 1.54) is 6.07 Å². The van der Waals surface area contributed by atoms with Crippen LogP contribution in [0.1, 0.15) is 23.1 Å². The molecule has 1 atom stereocenters. The minimum Gasteiger partial charge on any atom is -0.384 e. The minimum absolute atomic E-state index is 0.266. The summed E-state index contributed by atoms with van der Waals surface area (Å²) in [6.45, 7) is 3.74. The Morgan fingerprint density at radius 3 is 2.67 bits per heavy atom. The zero-order valence-electron chi connectivity index (χ0n) is 9.01. The Morgan fingerprint density at radius 2 is 2.13 bits per heavy atom. The first-order valence-electron chi connectivity index (χ1n) is 5.10. The molecule has 0 aromatic heterocycles. The van der Waals surface area contributed by atoms with Gasteiger partial charge in [-0.05, 0) is 43.2 Å². The average molecular weight is 226 g/mol. The van der Waals surface area contributed by atoms with E-state index in [0.717, 1.165) is 16.9 Å². The molecule has 15 heavy (non-hydrogen) atoms. The Hall–Kier alpha value is -0.540. The SMILES string of the molecule is Cc1cc(C)c(C2(O)CCSC2)c(F)c1. The fourth-order valence-electron chi connectivity index (χ4n) is 2.26. The number of hydrogen-bond donors (Lipinski definition) is 1. The van der Waals surface area contributed by atoms with Gasteiger partial charge in [-0.15, -0.1) is 0 Å². The first-order valence-corrected chi connectivity index (χ1v) is 6.26. The van der Waals surface area contributed by atoms with Crippen LogP contribution < -0.4 is 0 Å². The molecular weight excluding hydrogens is 211 g/mol. The monoisotopic (exact) mass is 226 g/mol. The number of aryl methyl sites for hydroxylation is 2. The topological polar surface area (TPSA) is 20.2 Å². The molecule has 0 bridgehead atoms. The third kappa shape index (κ3) is 1.91. The molecule has 1 aromatic carbocycles. The maximum absolute atomic E-state index is 13.8. The lowest BCUT2D eigenvalue weighted by Gasteiger charge is -2.24. The van der Waals surface area contributed by atoms with E-state index in [1.807, 2.05) is 19.9 Å². The minimum atomic E-state index is -0.952. The van der Waals surface area contributed by atoms with Gasteiger partial charge < -0.3 is 5.11 Å². The molecule has 1 aliphatic rings. The highest BCUT2D eigenvalue weighted by atomic mass is 32.2. The standard InChI is InChI=1S/C12H15FOS/c1-8-5-9(2)11(10(13)6-8)12(14)3-4-15-7-12/h5-6,14H,3-4,7H2,1-2H3. The van der Waals surface area contributed by atoms with E-state index >= 15 is 0 Å². The van der Waals surface area contributed by atoms with Crippen LogP contribution in [-0.4, -0.2) is 16.6 Å². The molecule has 1 aliphatic heterocycles. The van der Waals surface area contributed by atoms with E-state index in [0.29, 0.717) is 17.7 Å². The van der Waals surface area contributed by atoms with Crippen LogP contribution in [-0.2, 0) is 5.60 Å². The van der Waals surface area contributed by atoms with Crippen molar-refractivity contribution < 1.29 is 9.50 Å². The summed E-state index contributed by atoms with van der Waals surface area (Å²) in [5.74, 6) is 1.24. The van der Waals surface area contributed by atoms with E-state index in [2.05, 4.69) is 0 Å². The zero-order chi connectivity index (χ0) is 11.1. The summed E-state index contributed by atoms with van der Waals surface area (Å²) < 4.78 is 13.8. The quantitative estimate of drug-likeness (QED) is 0.794. The van der Waals surface area contributed by atoms with Crippen LogP contribution in [0, 0.1) is 19.7 Å². The molecule has 0 spiro atoms. The summed E-state index contributed by atoms with van der Waals surface area (Å²) in [5.41, 5.74) is 1.31. The van der Waals surface area contributed by atoms with Gasteiger partial charge in [0, 0.05) is 11.3 Å². The largest absolute Gasteiger partial charge is 0.384 e. The lowest BCUT2D eigenvalue weighted by Crippen LogP contribution is -2.27. The molecule has 1 heterocycles. The van der Waals surface area contributed by atoms with Gasteiger partial charge in [-0.1, -0.05) is 6.07 Å². The van der Waals surface area contributed by atoms with Crippen LogP contribution in [0.5, 0.6) is 0 Å². The Bertz CT molecular complexity index is 360. The van der Waals surface area contributed by atoms with Gasteiger partial charge in [0.15, 0.2) is 0 Å². The van der Waals surface area contributed by atoms with E-state index in [-0.39, 0.29) is 5.82 Å². The summed E-state index contributed by atoms with van der Waals surface area (Å²) in [7, 11) is 0. The number of hydrogen-bond acceptors (Lipinski definition) is 2. The van der Waals surface area contributed by atoms with Crippen molar-refractivity contribution in [3.63, 3.8) is 0 Å². The second-order valence-corrected chi connectivity index (χ2v) is 5.38. The lowest BCUT2D eigenvalue weighted by molar-refractivity contribution is 0.0611. The highest BCUT2D eigenvalue weighted by molar-refractivity contribution is 7.99. The molecule has 0 radical (unpaired) electrons. The number of rotatable bonds is 1. The molecule has 1 nitrogen and oxygen atoms in total.